The summed E-state index contributed by atoms with van der Waals surface area (Å²) in [6.45, 7) is 0. The molecule has 2 bridgehead atoms. The third-order valence-corrected chi connectivity index (χ3v) is 6.28. The summed E-state index contributed by atoms with van der Waals surface area (Å²) in [5, 5.41) is 3.13. The number of thioether (sulfide) groups is 1. The van der Waals surface area contributed by atoms with E-state index in [-0.39, 0.29) is 24.3 Å². The van der Waals surface area contributed by atoms with Gasteiger partial charge in [-0.1, -0.05) is 42.1 Å². The minimum Gasteiger partial charge on any atom is -0.315 e. The molecular weight excluding hydrogens is 334 g/mol. The lowest BCUT2D eigenvalue weighted by Crippen LogP contribution is -2.32. The predicted molar refractivity (Wildman–Crippen MR) is 101 cm³/mol. The Labute approximate surface area is 151 Å². The Bertz CT molecular complexity index is 746. The average molecular weight is 355 g/mol. The fourth-order valence-corrected chi connectivity index (χ4v) is 4.76. The number of allylic oxidation sites excluding steroid dienone is 1. The number of para-hydroxylation sites is 1. The summed E-state index contributed by atoms with van der Waals surface area (Å²) in [6.07, 6.45) is 6.96. The third-order valence-electron chi connectivity index (χ3n) is 5.18. The molecule has 2 amide bonds. The van der Waals surface area contributed by atoms with E-state index >= 15 is 0 Å². The number of amides is 2. The minimum absolute atomic E-state index is 0.0667. The number of anilines is 1. The van der Waals surface area contributed by atoms with Crippen LogP contribution < -0.4 is 10.2 Å². The van der Waals surface area contributed by atoms with E-state index in [1.807, 2.05) is 30.3 Å². The first-order valence-corrected chi connectivity index (χ1v) is 9.53. The summed E-state index contributed by atoms with van der Waals surface area (Å²) in [7, 11) is 1.74. The number of nitrogens with one attached hydrogen (secondary N) is 1. The van der Waals surface area contributed by atoms with Crippen molar-refractivity contribution in [1.29, 1.82) is 0 Å². The molecule has 1 aliphatic heterocycles. The molecule has 1 aromatic carbocycles. The van der Waals surface area contributed by atoms with Gasteiger partial charge in [0.05, 0.1) is 6.04 Å². The predicted octanol–water partition coefficient (Wildman–Crippen LogP) is 2.59. The van der Waals surface area contributed by atoms with E-state index in [9.17, 15) is 9.59 Å². The van der Waals surface area contributed by atoms with E-state index in [2.05, 4.69) is 17.5 Å². The number of fused-ring (bicyclic) bond motifs is 2. The summed E-state index contributed by atoms with van der Waals surface area (Å²) in [5.41, 5.74) is 0.832. The van der Waals surface area contributed by atoms with Gasteiger partial charge in [0, 0.05) is 19.2 Å². The fraction of sp³-hybridized carbons (Fsp3) is 0.421. The Morgan fingerprint density at radius 1 is 1.28 bits per heavy atom. The molecule has 4 atom stereocenters. The second kappa shape index (κ2) is 6.67. The van der Waals surface area contributed by atoms with E-state index < -0.39 is 5.25 Å². The van der Waals surface area contributed by atoms with Gasteiger partial charge in [-0.15, -0.1) is 0 Å². The molecule has 1 saturated heterocycles. The first-order chi connectivity index (χ1) is 12.1. The van der Waals surface area contributed by atoms with E-state index in [1.54, 1.807) is 11.9 Å². The van der Waals surface area contributed by atoms with Crippen molar-refractivity contribution in [2.45, 2.75) is 30.6 Å². The highest BCUT2D eigenvalue weighted by Gasteiger charge is 2.38. The highest BCUT2D eigenvalue weighted by molar-refractivity contribution is 8.15. The van der Waals surface area contributed by atoms with Crippen molar-refractivity contribution in [3.05, 3.63) is 42.5 Å². The molecule has 0 aromatic heterocycles. The monoisotopic (exact) mass is 355 g/mol. The van der Waals surface area contributed by atoms with E-state index in [1.165, 1.54) is 18.2 Å². The van der Waals surface area contributed by atoms with Crippen LogP contribution in [0.1, 0.15) is 19.3 Å². The summed E-state index contributed by atoms with van der Waals surface area (Å²) in [5.74, 6) is 0.985. The van der Waals surface area contributed by atoms with Gasteiger partial charge in [-0.2, -0.15) is 0 Å². The van der Waals surface area contributed by atoms with Crippen molar-refractivity contribution in [2.75, 3.05) is 11.9 Å². The van der Waals surface area contributed by atoms with Crippen LogP contribution >= 0.6 is 11.8 Å². The number of rotatable bonds is 4. The summed E-state index contributed by atoms with van der Waals surface area (Å²) >= 11 is 1.39. The van der Waals surface area contributed by atoms with Gasteiger partial charge in [-0.25, -0.2) is 0 Å². The van der Waals surface area contributed by atoms with Crippen LogP contribution in [-0.2, 0) is 9.59 Å². The number of carbonyl (C=O) groups is 2. The molecule has 0 spiro atoms. The zero-order valence-electron chi connectivity index (χ0n) is 14.1. The van der Waals surface area contributed by atoms with E-state index in [0.29, 0.717) is 17.0 Å². The standard InChI is InChI=1S/C19H21N3O2S/c1-22(14-5-3-2-4-6-14)17(23)11-16-18(24)21-19(25-16)20-15-10-12-7-8-13(15)9-12/h2-8,12-13,15-16H,9-11H2,1H3,(H,20,21,24). The van der Waals surface area contributed by atoms with Crippen LogP contribution in [0.4, 0.5) is 5.69 Å². The average Bonchev–Trinajstić information content (AvgIpc) is 3.32. The Kier molecular flexibility index (Phi) is 4.37. The largest absolute Gasteiger partial charge is 0.315 e. The van der Waals surface area contributed by atoms with Gasteiger partial charge in [0.1, 0.15) is 5.25 Å². The van der Waals surface area contributed by atoms with Gasteiger partial charge in [0.2, 0.25) is 11.8 Å². The maximum Gasteiger partial charge on any atom is 0.240 e. The highest BCUT2D eigenvalue weighted by Crippen LogP contribution is 2.41. The number of carbonyl (C=O) groups excluding carboxylic acids is 2. The number of hydrogen-bond donors (Lipinski definition) is 1. The van der Waals surface area contributed by atoms with Crippen LogP contribution in [0.3, 0.4) is 0 Å². The number of aliphatic imine (C=N–C) groups is 1. The number of nitrogens with zero attached hydrogens (tertiary/aromatic N) is 2. The van der Waals surface area contributed by atoms with Crippen molar-refractivity contribution in [2.24, 2.45) is 16.8 Å². The van der Waals surface area contributed by atoms with Gasteiger partial charge in [-0.3, -0.25) is 14.6 Å². The van der Waals surface area contributed by atoms with Crippen LogP contribution in [-0.4, -0.2) is 35.3 Å². The van der Waals surface area contributed by atoms with Gasteiger partial charge >= 0.3 is 0 Å². The van der Waals surface area contributed by atoms with Crippen molar-refractivity contribution >= 4 is 34.4 Å². The van der Waals surface area contributed by atoms with Crippen LogP contribution in [0.2, 0.25) is 0 Å². The number of amidine groups is 1. The van der Waals surface area contributed by atoms with Crippen molar-refractivity contribution in [1.82, 2.24) is 5.32 Å². The molecular formula is C19H21N3O2S. The fourth-order valence-electron chi connectivity index (χ4n) is 3.74. The van der Waals surface area contributed by atoms with Gasteiger partial charge in [-0.05, 0) is 36.8 Å². The summed E-state index contributed by atoms with van der Waals surface area (Å²) in [6, 6.07) is 9.74. The Morgan fingerprint density at radius 3 is 2.76 bits per heavy atom. The summed E-state index contributed by atoms with van der Waals surface area (Å²) < 4.78 is 0. The molecule has 1 heterocycles. The molecule has 4 rings (SSSR count). The molecule has 4 unspecified atom stereocenters. The SMILES string of the molecule is CN(C(=O)CC1SC(=NC2CC3C=CC2C3)NC1=O)c1ccccc1. The molecule has 5 nitrogen and oxygen atoms in total. The molecule has 130 valence electrons. The molecule has 0 radical (unpaired) electrons. The second-order valence-electron chi connectivity index (χ2n) is 6.87. The maximum atomic E-state index is 12.5. The van der Waals surface area contributed by atoms with Crippen LogP contribution in [0.25, 0.3) is 0 Å². The second-order valence-corrected chi connectivity index (χ2v) is 8.06. The first-order valence-electron chi connectivity index (χ1n) is 8.65. The molecule has 1 saturated carbocycles. The highest BCUT2D eigenvalue weighted by atomic mass is 32.2. The van der Waals surface area contributed by atoms with E-state index in [0.717, 1.165) is 12.1 Å². The molecule has 3 aliphatic rings. The minimum atomic E-state index is -0.397. The zero-order valence-corrected chi connectivity index (χ0v) is 14.9. The third kappa shape index (κ3) is 3.35. The maximum absolute atomic E-state index is 12.5. The lowest BCUT2D eigenvalue weighted by atomic mass is 10.0. The summed E-state index contributed by atoms with van der Waals surface area (Å²) in [4.78, 5) is 31.0. The molecule has 1 aromatic rings. The quantitative estimate of drug-likeness (QED) is 0.845. The topological polar surface area (TPSA) is 61.8 Å². The Balaban J connectivity index is 1.38. The molecule has 6 heteroatoms. The zero-order chi connectivity index (χ0) is 17.4. The van der Waals surface area contributed by atoms with Crippen molar-refractivity contribution < 1.29 is 9.59 Å². The molecule has 1 N–H and O–H groups in total. The van der Waals surface area contributed by atoms with Crippen molar-refractivity contribution in [3.8, 4) is 0 Å². The smallest absolute Gasteiger partial charge is 0.240 e. The molecule has 25 heavy (non-hydrogen) atoms. The lowest BCUT2D eigenvalue weighted by molar-refractivity contribution is -0.123. The number of benzene rings is 1. The van der Waals surface area contributed by atoms with Crippen LogP contribution in [0, 0.1) is 11.8 Å². The van der Waals surface area contributed by atoms with Gasteiger partial charge in [0.15, 0.2) is 5.17 Å². The Morgan fingerprint density at radius 2 is 2.08 bits per heavy atom. The number of hydrogen-bond acceptors (Lipinski definition) is 4. The molecule has 2 fully saturated rings. The normalized spacial score (nSPS) is 31.6. The van der Waals surface area contributed by atoms with Crippen LogP contribution in [0.5, 0.6) is 0 Å². The van der Waals surface area contributed by atoms with Crippen LogP contribution in [0.15, 0.2) is 47.5 Å². The molecule has 2 aliphatic carbocycles. The lowest BCUT2D eigenvalue weighted by Gasteiger charge is -2.18. The first kappa shape index (κ1) is 16.4. The van der Waals surface area contributed by atoms with Gasteiger partial charge < -0.3 is 10.2 Å². The Hall–Kier alpha value is -2.08. The van der Waals surface area contributed by atoms with E-state index in [4.69, 9.17) is 4.99 Å². The van der Waals surface area contributed by atoms with Crippen molar-refractivity contribution in [3.63, 3.8) is 0 Å². The van der Waals surface area contributed by atoms with Gasteiger partial charge in [0.25, 0.3) is 0 Å².